The van der Waals surface area contributed by atoms with Crippen molar-refractivity contribution in [3.8, 4) is 0 Å². The maximum Gasteiger partial charge on any atom is 0.0526 e. The standard InChI is InChI=1S/C6H14NP.FH2P/c8-7-6-4-2-1-3-5-6;1-2/h6-7H,1-5,8H2;2H2. The second-order valence-corrected chi connectivity index (χ2v) is 2.83. The Morgan fingerprint density at radius 1 is 1.10 bits per heavy atom. The number of rotatable bonds is 1. The van der Waals surface area contributed by atoms with E-state index in [4.69, 9.17) is 0 Å². The van der Waals surface area contributed by atoms with Gasteiger partial charge in [0.25, 0.3) is 0 Å². The van der Waals surface area contributed by atoms with Gasteiger partial charge in [-0.05, 0) is 12.8 Å². The minimum Gasteiger partial charge on any atom is -0.298 e. The van der Waals surface area contributed by atoms with Gasteiger partial charge in [0.05, 0.1) is 9.55 Å². The normalized spacial score (nSPS) is 19.5. The van der Waals surface area contributed by atoms with Gasteiger partial charge < -0.3 is 0 Å². The summed E-state index contributed by atoms with van der Waals surface area (Å²) in [7, 11) is 3.51. The molecule has 4 heteroatoms. The van der Waals surface area contributed by atoms with Crippen molar-refractivity contribution < 1.29 is 4.20 Å². The largest absolute Gasteiger partial charge is 0.298 e. The van der Waals surface area contributed by atoms with Gasteiger partial charge in [0.1, 0.15) is 0 Å². The predicted molar refractivity (Wildman–Crippen MR) is 50.5 cm³/mol. The highest BCUT2D eigenvalue weighted by atomic mass is 31.1. The van der Waals surface area contributed by atoms with Crippen molar-refractivity contribution in [3.63, 3.8) is 0 Å². The molecule has 1 saturated carbocycles. The minimum absolute atomic E-state index is 0.800. The molecule has 2 unspecified atom stereocenters. The Balaban J connectivity index is 0.000000371. The van der Waals surface area contributed by atoms with Gasteiger partial charge >= 0.3 is 0 Å². The van der Waals surface area contributed by atoms with Crippen LogP contribution in [0, 0.1) is 0 Å². The molecule has 0 heterocycles. The monoisotopic (exact) mass is 183 g/mol. The summed E-state index contributed by atoms with van der Waals surface area (Å²) in [6, 6.07) is 0.800. The van der Waals surface area contributed by atoms with Crippen LogP contribution in [0.1, 0.15) is 32.1 Å². The van der Waals surface area contributed by atoms with E-state index in [-0.39, 0.29) is 0 Å². The van der Waals surface area contributed by atoms with Gasteiger partial charge in [-0.15, -0.1) is 0 Å². The second-order valence-electron chi connectivity index (χ2n) is 2.50. The second kappa shape index (κ2) is 7.85. The molecule has 1 N–H and O–H groups in total. The minimum atomic E-state index is 0.800. The number of halogens is 1. The fourth-order valence-electron chi connectivity index (χ4n) is 1.27. The van der Waals surface area contributed by atoms with Crippen molar-refractivity contribution >= 4 is 18.9 Å². The van der Waals surface area contributed by atoms with Gasteiger partial charge in [-0.1, -0.05) is 28.7 Å². The zero-order valence-corrected chi connectivity index (χ0v) is 8.45. The Kier molecular flexibility index (Phi) is 8.44. The molecule has 0 aromatic carbocycles. The topological polar surface area (TPSA) is 12.0 Å². The molecule has 0 spiro atoms. The summed E-state index contributed by atoms with van der Waals surface area (Å²) in [6.45, 7) is 0. The van der Waals surface area contributed by atoms with Crippen LogP contribution in [0.15, 0.2) is 0 Å². The van der Waals surface area contributed by atoms with Gasteiger partial charge in [0, 0.05) is 6.04 Å². The van der Waals surface area contributed by atoms with Crippen LogP contribution in [-0.2, 0) is 0 Å². The summed E-state index contributed by atoms with van der Waals surface area (Å²) in [4.78, 5) is 0. The number of hydrogen-bond donors (Lipinski definition) is 1. The molecule has 0 aromatic heterocycles. The predicted octanol–water partition coefficient (Wildman–Crippen LogP) is 2.44. The fraction of sp³-hybridized carbons (Fsp3) is 1.00. The lowest BCUT2D eigenvalue weighted by Gasteiger charge is -2.19. The van der Waals surface area contributed by atoms with E-state index in [1.54, 1.807) is 0 Å². The summed E-state index contributed by atoms with van der Waals surface area (Å²) in [5.41, 5.74) is 0. The third-order valence-corrected chi connectivity index (χ3v) is 2.31. The highest BCUT2D eigenvalue weighted by Crippen LogP contribution is 2.17. The van der Waals surface area contributed by atoms with Crippen LogP contribution in [0.5, 0.6) is 0 Å². The Labute approximate surface area is 67.1 Å². The van der Waals surface area contributed by atoms with Crippen LogP contribution < -0.4 is 5.09 Å². The highest BCUT2D eigenvalue weighted by molar-refractivity contribution is 7.13. The molecule has 0 aromatic rings. The molecular formula is C6H16FNP2. The first-order chi connectivity index (χ1) is 4.93. The summed E-state index contributed by atoms with van der Waals surface area (Å²) in [6.07, 6.45) is 7.05. The van der Waals surface area contributed by atoms with Gasteiger partial charge in [-0.3, -0.25) is 5.09 Å². The smallest absolute Gasteiger partial charge is 0.0526 e. The van der Waals surface area contributed by atoms with Crippen molar-refractivity contribution in [3.05, 3.63) is 0 Å². The molecule has 10 heavy (non-hydrogen) atoms. The molecule has 0 amide bonds. The fourth-order valence-corrected chi connectivity index (χ4v) is 1.60. The van der Waals surface area contributed by atoms with E-state index in [0.29, 0.717) is 0 Å². The van der Waals surface area contributed by atoms with Gasteiger partial charge in [0.15, 0.2) is 0 Å². The number of nitrogens with one attached hydrogen (secondary N) is 1. The van der Waals surface area contributed by atoms with E-state index in [1.165, 1.54) is 32.1 Å². The average Bonchev–Trinajstić information content (AvgIpc) is 2.10. The molecule has 0 bridgehead atoms. The first kappa shape index (κ1) is 10.8. The molecular weight excluding hydrogens is 167 g/mol. The summed E-state index contributed by atoms with van der Waals surface area (Å²) < 4.78 is 9.42. The van der Waals surface area contributed by atoms with E-state index < -0.39 is 0 Å². The summed E-state index contributed by atoms with van der Waals surface area (Å²) >= 11 is 0. The Hall–Kier alpha value is 0.750. The quantitative estimate of drug-likeness (QED) is 0.615. The third kappa shape index (κ3) is 4.55. The van der Waals surface area contributed by atoms with E-state index in [2.05, 4.69) is 14.5 Å². The Morgan fingerprint density at radius 2 is 1.60 bits per heavy atom. The van der Waals surface area contributed by atoms with Crippen molar-refractivity contribution in [1.82, 2.24) is 5.09 Å². The lowest BCUT2D eigenvalue weighted by atomic mass is 9.96. The van der Waals surface area contributed by atoms with E-state index in [9.17, 15) is 4.20 Å². The van der Waals surface area contributed by atoms with Gasteiger partial charge in [-0.25, -0.2) is 4.20 Å². The van der Waals surface area contributed by atoms with Crippen molar-refractivity contribution in [2.45, 2.75) is 38.1 Å². The van der Waals surface area contributed by atoms with Crippen molar-refractivity contribution in [1.29, 1.82) is 0 Å². The molecule has 0 aliphatic heterocycles. The zero-order valence-electron chi connectivity index (χ0n) is 6.15. The molecule has 1 nitrogen and oxygen atoms in total. The first-order valence-corrected chi connectivity index (χ1v) is 4.63. The van der Waals surface area contributed by atoms with Crippen molar-refractivity contribution in [2.75, 3.05) is 0 Å². The average molecular weight is 183 g/mol. The molecule has 2 atom stereocenters. The maximum atomic E-state index is 9.42. The third-order valence-electron chi connectivity index (χ3n) is 1.84. The SMILES string of the molecule is FP.PNC1CCCCC1. The van der Waals surface area contributed by atoms with Crippen LogP contribution in [0.2, 0.25) is 0 Å². The molecule has 0 radical (unpaired) electrons. The van der Waals surface area contributed by atoms with Crippen LogP contribution in [-0.4, -0.2) is 6.04 Å². The van der Waals surface area contributed by atoms with Crippen LogP contribution >= 0.6 is 18.9 Å². The Bertz CT molecular complexity index is 66.8. The highest BCUT2D eigenvalue weighted by Gasteiger charge is 2.09. The Morgan fingerprint density at radius 3 is 1.90 bits per heavy atom. The molecule has 1 rings (SSSR count). The lowest BCUT2D eigenvalue weighted by molar-refractivity contribution is 0.423. The molecule has 62 valence electrons. The molecule has 1 aliphatic rings. The maximum absolute atomic E-state index is 9.42. The van der Waals surface area contributed by atoms with E-state index >= 15 is 0 Å². The molecule has 1 fully saturated rings. The summed E-state index contributed by atoms with van der Waals surface area (Å²) in [5.74, 6) is 0. The van der Waals surface area contributed by atoms with Crippen LogP contribution in [0.25, 0.3) is 0 Å². The summed E-state index contributed by atoms with van der Waals surface area (Å²) in [5, 5.41) is 3.22. The first-order valence-electron chi connectivity index (χ1n) is 3.61. The molecule has 0 saturated heterocycles. The zero-order chi connectivity index (χ0) is 7.82. The van der Waals surface area contributed by atoms with Crippen LogP contribution in [0.3, 0.4) is 0 Å². The van der Waals surface area contributed by atoms with E-state index in [1.807, 2.05) is 0 Å². The van der Waals surface area contributed by atoms with Gasteiger partial charge in [-0.2, -0.15) is 0 Å². The van der Waals surface area contributed by atoms with Gasteiger partial charge in [0.2, 0.25) is 0 Å². The molecule has 1 aliphatic carbocycles. The van der Waals surface area contributed by atoms with E-state index in [0.717, 1.165) is 15.6 Å². The van der Waals surface area contributed by atoms with Crippen LogP contribution in [0.4, 0.5) is 4.20 Å². The number of hydrogen-bond acceptors (Lipinski definition) is 1. The van der Waals surface area contributed by atoms with Crippen molar-refractivity contribution in [2.24, 2.45) is 0 Å². The lowest BCUT2D eigenvalue weighted by Crippen LogP contribution is -2.22.